The highest BCUT2D eigenvalue weighted by atomic mass is 19.1. The van der Waals surface area contributed by atoms with E-state index in [0.29, 0.717) is 11.6 Å². The minimum absolute atomic E-state index is 0.157. The second-order valence-corrected chi connectivity index (χ2v) is 6.75. The second-order valence-electron chi connectivity index (χ2n) is 6.75. The third-order valence-corrected chi connectivity index (χ3v) is 5.08. The molecule has 3 heterocycles. The van der Waals surface area contributed by atoms with Crippen molar-refractivity contribution in [1.82, 2.24) is 19.8 Å². The Bertz CT molecular complexity index is 911. The number of para-hydroxylation sites is 1. The quantitative estimate of drug-likeness (QED) is 0.734. The molecule has 1 saturated heterocycles. The van der Waals surface area contributed by atoms with Gasteiger partial charge in [-0.05, 0) is 31.0 Å². The van der Waals surface area contributed by atoms with E-state index in [-0.39, 0.29) is 5.82 Å². The highest BCUT2D eigenvalue weighted by molar-refractivity contribution is 5.69. The van der Waals surface area contributed by atoms with E-state index in [1.807, 2.05) is 12.1 Å². The SMILES string of the molecule is Fc1ccccc1N1CCN(c2cc(C3CC3)nn3cnnc23)CC1. The molecule has 0 amide bonds. The third-order valence-electron chi connectivity index (χ3n) is 5.08. The lowest BCUT2D eigenvalue weighted by atomic mass is 10.2. The molecular formula is C18H19FN6. The van der Waals surface area contributed by atoms with Gasteiger partial charge >= 0.3 is 0 Å². The van der Waals surface area contributed by atoms with Gasteiger partial charge in [0.05, 0.1) is 17.1 Å². The zero-order valence-electron chi connectivity index (χ0n) is 13.8. The maximum Gasteiger partial charge on any atom is 0.200 e. The fraction of sp³-hybridized carbons (Fsp3) is 0.389. The third kappa shape index (κ3) is 2.59. The first-order valence-electron chi connectivity index (χ1n) is 8.75. The van der Waals surface area contributed by atoms with Gasteiger partial charge in [-0.1, -0.05) is 12.1 Å². The van der Waals surface area contributed by atoms with E-state index < -0.39 is 0 Å². The van der Waals surface area contributed by atoms with Gasteiger partial charge in [0, 0.05) is 32.1 Å². The first-order valence-corrected chi connectivity index (χ1v) is 8.75. The number of nitrogens with zero attached hydrogens (tertiary/aromatic N) is 6. The number of rotatable bonds is 3. The van der Waals surface area contributed by atoms with Crippen molar-refractivity contribution in [3.63, 3.8) is 0 Å². The Labute approximate surface area is 144 Å². The molecule has 0 bridgehead atoms. The van der Waals surface area contributed by atoms with Gasteiger partial charge in [-0.2, -0.15) is 9.61 Å². The van der Waals surface area contributed by atoms with Crippen LogP contribution in [0.3, 0.4) is 0 Å². The van der Waals surface area contributed by atoms with E-state index in [0.717, 1.165) is 43.2 Å². The van der Waals surface area contributed by atoms with Crippen molar-refractivity contribution in [2.75, 3.05) is 36.0 Å². The molecule has 0 radical (unpaired) electrons. The highest BCUT2D eigenvalue weighted by Crippen LogP contribution is 2.40. The van der Waals surface area contributed by atoms with Crippen LogP contribution in [0.25, 0.3) is 5.65 Å². The lowest BCUT2D eigenvalue weighted by Crippen LogP contribution is -2.47. The number of fused-ring (bicyclic) bond motifs is 1. The monoisotopic (exact) mass is 338 g/mol. The van der Waals surface area contributed by atoms with Gasteiger partial charge < -0.3 is 9.80 Å². The number of aromatic nitrogens is 4. The molecule has 5 rings (SSSR count). The van der Waals surface area contributed by atoms with Gasteiger partial charge in [0.2, 0.25) is 5.65 Å². The molecule has 0 atom stereocenters. The highest BCUT2D eigenvalue weighted by Gasteiger charge is 2.28. The number of halogens is 1. The average molecular weight is 338 g/mol. The minimum Gasteiger partial charge on any atom is -0.366 e. The van der Waals surface area contributed by atoms with Crippen molar-refractivity contribution in [3.8, 4) is 0 Å². The van der Waals surface area contributed by atoms with E-state index >= 15 is 0 Å². The Morgan fingerprint density at radius 2 is 1.68 bits per heavy atom. The minimum atomic E-state index is -0.157. The number of hydrogen-bond acceptors (Lipinski definition) is 5. The van der Waals surface area contributed by atoms with Crippen LogP contribution >= 0.6 is 0 Å². The van der Waals surface area contributed by atoms with Crippen LogP contribution in [0, 0.1) is 5.82 Å². The molecule has 0 spiro atoms. The Balaban J connectivity index is 1.41. The van der Waals surface area contributed by atoms with E-state index in [9.17, 15) is 4.39 Å². The zero-order chi connectivity index (χ0) is 16.8. The summed E-state index contributed by atoms with van der Waals surface area (Å²) in [7, 11) is 0. The molecule has 2 aliphatic rings. The van der Waals surface area contributed by atoms with Crippen LogP contribution in [-0.2, 0) is 0 Å². The maximum atomic E-state index is 14.0. The van der Waals surface area contributed by atoms with Crippen molar-refractivity contribution in [1.29, 1.82) is 0 Å². The molecule has 2 aromatic heterocycles. The lowest BCUT2D eigenvalue weighted by molar-refractivity contribution is 0.597. The van der Waals surface area contributed by atoms with Gasteiger partial charge in [0.1, 0.15) is 12.1 Å². The molecule has 7 heteroatoms. The van der Waals surface area contributed by atoms with E-state index in [4.69, 9.17) is 0 Å². The first kappa shape index (κ1) is 14.6. The molecule has 0 N–H and O–H groups in total. The van der Waals surface area contributed by atoms with Crippen molar-refractivity contribution in [3.05, 3.63) is 48.2 Å². The molecule has 1 saturated carbocycles. The van der Waals surface area contributed by atoms with Crippen LogP contribution < -0.4 is 9.80 Å². The van der Waals surface area contributed by atoms with Gasteiger partial charge in [-0.25, -0.2) is 4.39 Å². The molecule has 1 aliphatic heterocycles. The number of hydrogen-bond donors (Lipinski definition) is 0. The smallest absolute Gasteiger partial charge is 0.200 e. The fourth-order valence-corrected chi connectivity index (χ4v) is 3.54. The summed E-state index contributed by atoms with van der Waals surface area (Å²) in [5.74, 6) is 0.418. The Hall–Kier alpha value is -2.70. The van der Waals surface area contributed by atoms with E-state index in [2.05, 4.69) is 31.2 Å². The van der Waals surface area contributed by atoms with Gasteiger partial charge in [-0.15, -0.1) is 10.2 Å². The number of benzene rings is 1. The van der Waals surface area contributed by atoms with Crippen molar-refractivity contribution < 1.29 is 4.39 Å². The predicted molar refractivity (Wildman–Crippen MR) is 93.6 cm³/mol. The molecule has 0 unspecified atom stereocenters. The normalized spacial score (nSPS) is 18.1. The molecule has 3 aromatic rings. The standard InChI is InChI=1S/C18H19FN6/c19-14-3-1-2-4-16(14)23-7-9-24(10-8-23)17-11-15(13-5-6-13)22-25-12-20-21-18(17)25/h1-4,11-13H,5-10H2. The second kappa shape index (κ2) is 5.68. The number of piperazine rings is 1. The van der Waals surface area contributed by atoms with Crippen LogP contribution in [0.2, 0.25) is 0 Å². The summed E-state index contributed by atoms with van der Waals surface area (Å²) in [4.78, 5) is 4.42. The Morgan fingerprint density at radius 1 is 0.960 bits per heavy atom. The van der Waals surface area contributed by atoms with E-state index in [1.165, 1.54) is 18.9 Å². The zero-order valence-corrected chi connectivity index (χ0v) is 13.8. The summed E-state index contributed by atoms with van der Waals surface area (Å²) in [5, 5.41) is 12.9. The van der Waals surface area contributed by atoms with Crippen molar-refractivity contribution in [2.24, 2.45) is 0 Å². The van der Waals surface area contributed by atoms with Crippen LogP contribution in [0.15, 0.2) is 36.7 Å². The molecule has 128 valence electrons. The van der Waals surface area contributed by atoms with Crippen LogP contribution in [0.5, 0.6) is 0 Å². The predicted octanol–water partition coefficient (Wildman–Crippen LogP) is 2.47. The Morgan fingerprint density at radius 3 is 2.40 bits per heavy atom. The summed E-state index contributed by atoms with van der Waals surface area (Å²) >= 11 is 0. The topological polar surface area (TPSA) is 49.6 Å². The van der Waals surface area contributed by atoms with Gasteiger partial charge in [0.25, 0.3) is 0 Å². The fourth-order valence-electron chi connectivity index (χ4n) is 3.54. The van der Waals surface area contributed by atoms with Crippen molar-refractivity contribution in [2.45, 2.75) is 18.8 Å². The summed E-state index contributed by atoms with van der Waals surface area (Å²) in [5.41, 5.74) is 3.69. The van der Waals surface area contributed by atoms with E-state index in [1.54, 1.807) is 16.9 Å². The summed E-state index contributed by atoms with van der Waals surface area (Å²) in [6.07, 6.45) is 4.09. The molecule has 25 heavy (non-hydrogen) atoms. The Kier molecular flexibility index (Phi) is 3.33. The first-order chi connectivity index (χ1) is 12.3. The maximum absolute atomic E-state index is 14.0. The molecule has 2 fully saturated rings. The van der Waals surface area contributed by atoms with Crippen molar-refractivity contribution >= 4 is 17.0 Å². The lowest BCUT2D eigenvalue weighted by Gasteiger charge is -2.37. The van der Waals surface area contributed by atoms with Gasteiger partial charge in [0.15, 0.2) is 0 Å². The number of anilines is 2. The van der Waals surface area contributed by atoms with Crippen LogP contribution in [0.1, 0.15) is 24.5 Å². The molecule has 6 nitrogen and oxygen atoms in total. The molecular weight excluding hydrogens is 319 g/mol. The largest absolute Gasteiger partial charge is 0.366 e. The summed E-state index contributed by atoms with van der Waals surface area (Å²) in [6.45, 7) is 3.21. The molecule has 1 aromatic carbocycles. The summed E-state index contributed by atoms with van der Waals surface area (Å²) < 4.78 is 15.8. The van der Waals surface area contributed by atoms with Crippen LogP contribution in [-0.4, -0.2) is 46.0 Å². The average Bonchev–Trinajstić information content (AvgIpc) is 3.39. The van der Waals surface area contributed by atoms with Gasteiger partial charge in [-0.3, -0.25) is 0 Å². The molecule has 1 aliphatic carbocycles. The summed E-state index contributed by atoms with van der Waals surface area (Å²) in [6, 6.07) is 9.15. The van der Waals surface area contributed by atoms with Crippen LogP contribution in [0.4, 0.5) is 15.8 Å².